The van der Waals surface area contributed by atoms with Crippen LogP contribution in [0.15, 0.2) is 42.5 Å². The van der Waals surface area contributed by atoms with E-state index < -0.39 is 24.5 Å². The van der Waals surface area contributed by atoms with Crippen LogP contribution in [0.1, 0.15) is 54.6 Å². The first kappa shape index (κ1) is 42.8. The standard InChI is InChI=1S/C40H49ClN4O12/c1-6-25(21-46)56-34(52-3)22-55-33(48)13-9-12-32(47)42-14-15-43-40(50)57-30-18-29-35(27-11-8-7-10-26(27)30)24(19-41)20-45(29)39(49)28-16-23-17-31(51-2)37(53-4)38(54-5)36(23)44-28/h7-8,10-11,16-18,24-25,34,44,46H,6,9,12-15,19-22H2,1-5H3,(H,42,47)(H,43,50)/t24-,25?,34?/m1/s1. The highest BCUT2D eigenvalue weighted by Crippen LogP contribution is 2.47. The van der Waals surface area contributed by atoms with Gasteiger partial charge in [0.1, 0.15) is 18.1 Å². The fraction of sp³-hybridized carbons (Fsp3) is 0.450. The molecule has 3 atom stereocenters. The average Bonchev–Trinajstić information content (AvgIpc) is 3.83. The third kappa shape index (κ3) is 10.00. The summed E-state index contributed by atoms with van der Waals surface area (Å²) in [7, 11) is 5.94. The Labute approximate surface area is 334 Å². The number of hydrogen-bond donors (Lipinski definition) is 4. The van der Waals surface area contributed by atoms with Gasteiger partial charge >= 0.3 is 12.1 Å². The van der Waals surface area contributed by atoms with E-state index in [4.69, 9.17) is 44.8 Å². The fourth-order valence-electron chi connectivity index (χ4n) is 6.68. The number of esters is 1. The first-order valence-corrected chi connectivity index (χ1v) is 19.1. The summed E-state index contributed by atoms with van der Waals surface area (Å²) < 4.78 is 38.2. The van der Waals surface area contributed by atoms with Crippen molar-refractivity contribution in [2.75, 3.05) is 72.1 Å². The average molecular weight is 813 g/mol. The molecule has 0 spiro atoms. The summed E-state index contributed by atoms with van der Waals surface area (Å²) in [6.07, 6.45) is -1.10. The number of aromatic nitrogens is 1. The molecule has 2 unspecified atom stereocenters. The minimum Gasteiger partial charge on any atom is -0.493 e. The number of carbonyl (C=O) groups is 4. The summed E-state index contributed by atoms with van der Waals surface area (Å²) in [5.74, 6) is 0.370. The smallest absolute Gasteiger partial charge is 0.412 e. The molecule has 16 nitrogen and oxygen atoms in total. The van der Waals surface area contributed by atoms with Crippen LogP contribution >= 0.6 is 11.6 Å². The molecule has 17 heteroatoms. The Hall–Kier alpha value is -5.29. The lowest BCUT2D eigenvalue weighted by Gasteiger charge is -2.21. The van der Waals surface area contributed by atoms with Crippen molar-refractivity contribution in [1.82, 2.24) is 15.6 Å². The minimum atomic E-state index is -0.810. The van der Waals surface area contributed by atoms with Gasteiger partial charge in [-0.1, -0.05) is 31.2 Å². The summed E-state index contributed by atoms with van der Waals surface area (Å²) in [5.41, 5.74) is 2.28. The van der Waals surface area contributed by atoms with Gasteiger partial charge in [-0.05, 0) is 35.9 Å². The Bertz CT molecular complexity index is 2050. The van der Waals surface area contributed by atoms with Crippen LogP contribution in [-0.2, 0) is 23.8 Å². The van der Waals surface area contributed by atoms with Crippen molar-refractivity contribution in [3.05, 3.63) is 53.7 Å². The zero-order chi connectivity index (χ0) is 41.1. The van der Waals surface area contributed by atoms with E-state index in [0.29, 0.717) is 57.9 Å². The predicted molar refractivity (Wildman–Crippen MR) is 212 cm³/mol. The van der Waals surface area contributed by atoms with Crippen molar-refractivity contribution in [1.29, 1.82) is 0 Å². The summed E-state index contributed by atoms with van der Waals surface area (Å²) in [6.45, 7) is 2.01. The minimum absolute atomic E-state index is 0.00992. The fourth-order valence-corrected chi connectivity index (χ4v) is 6.94. The van der Waals surface area contributed by atoms with Crippen LogP contribution in [-0.4, -0.2) is 114 Å². The number of benzene rings is 3. The Balaban J connectivity index is 1.19. The number of methoxy groups -OCH3 is 4. The molecule has 0 saturated carbocycles. The number of alkyl halides is 1. The number of rotatable bonds is 20. The van der Waals surface area contributed by atoms with Crippen LogP contribution in [0.3, 0.4) is 0 Å². The quantitative estimate of drug-likeness (QED) is 0.0404. The number of hydrogen-bond acceptors (Lipinski definition) is 12. The highest BCUT2D eigenvalue weighted by atomic mass is 35.5. The van der Waals surface area contributed by atoms with Gasteiger partial charge in [0.15, 0.2) is 17.8 Å². The number of nitrogens with zero attached hydrogens (tertiary/aromatic N) is 1. The Morgan fingerprint density at radius 2 is 1.68 bits per heavy atom. The van der Waals surface area contributed by atoms with Gasteiger partial charge in [0.25, 0.3) is 5.91 Å². The number of aliphatic hydroxyl groups is 1. The Morgan fingerprint density at radius 3 is 2.35 bits per heavy atom. The van der Waals surface area contributed by atoms with E-state index >= 15 is 0 Å². The van der Waals surface area contributed by atoms with Gasteiger partial charge in [0, 0.05) is 68.2 Å². The van der Waals surface area contributed by atoms with Crippen LogP contribution < -0.4 is 34.5 Å². The summed E-state index contributed by atoms with van der Waals surface area (Å²) in [6, 6.07) is 12.6. The second-order valence-corrected chi connectivity index (χ2v) is 13.4. The van der Waals surface area contributed by atoms with Gasteiger partial charge in [-0.2, -0.15) is 0 Å². The SMILES string of the molecule is CCC(CO)OC(COC(=O)CCCC(=O)NCCNC(=O)Oc1cc2c(c3ccccc13)[C@H](CCl)CN2C(=O)c1cc2cc(OC)c(OC)c(OC)c2[nH]1)OC. The zero-order valence-electron chi connectivity index (χ0n) is 32.6. The monoisotopic (exact) mass is 812 g/mol. The van der Waals surface area contributed by atoms with E-state index in [9.17, 15) is 24.3 Å². The number of H-pyrrole nitrogens is 1. The molecular weight excluding hydrogens is 764 g/mol. The maximum Gasteiger partial charge on any atom is 0.412 e. The number of fused-ring (bicyclic) bond motifs is 4. The molecule has 308 valence electrons. The lowest BCUT2D eigenvalue weighted by Crippen LogP contribution is -2.36. The molecule has 2 heterocycles. The number of amides is 3. The van der Waals surface area contributed by atoms with E-state index in [2.05, 4.69) is 15.6 Å². The van der Waals surface area contributed by atoms with Crippen molar-refractivity contribution >= 4 is 62.8 Å². The topological polar surface area (TPSA) is 196 Å². The Kier molecular flexibility index (Phi) is 15.2. The predicted octanol–water partition coefficient (Wildman–Crippen LogP) is 5.01. The molecule has 0 fully saturated rings. The van der Waals surface area contributed by atoms with Gasteiger partial charge in [-0.25, -0.2) is 4.79 Å². The van der Waals surface area contributed by atoms with E-state index in [-0.39, 0.29) is 74.9 Å². The van der Waals surface area contributed by atoms with Gasteiger partial charge < -0.3 is 58.8 Å². The molecule has 0 radical (unpaired) electrons. The first-order valence-electron chi connectivity index (χ1n) is 18.5. The maximum atomic E-state index is 14.2. The van der Waals surface area contributed by atoms with Crippen molar-refractivity contribution in [3.63, 3.8) is 0 Å². The van der Waals surface area contributed by atoms with Crippen LogP contribution in [0.5, 0.6) is 23.0 Å². The highest BCUT2D eigenvalue weighted by molar-refractivity contribution is 6.19. The number of nitrogens with one attached hydrogen (secondary N) is 3. The molecule has 0 bridgehead atoms. The molecule has 57 heavy (non-hydrogen) atoms. The number of aliphatic hydroxyl groups excluding tert-OH is 1. The second-order valence-electron chi connectivity index (χ2n) is 13.1. The summed E-state index contributed by atoms with van der Waals surface area (Å²) in [5, 5.41) is 16.8. The van der Waals surface area contributed by atoms with E-state index in [1.54, 1.807) is 23.1 Å². The van der Waals surface area contributed by atoms with Gasteiger partial charge in [-0.15, -0.1) is 11.6 Å². The summed E-state index contributed by atoms with van der Waals surface area (Å²) in [4.78, 5) is 56.5. The van der Waals surface area contributed by atoms with E-state index in [1.807, 2.05) is 31.2 Å². The highest BCUT2D eigenvalue weighted by Gasteiger charge is 2.36. The first-order chi connectivity index (χ1) is 27.6. The van der Waals surface area contributed by atoms with E-state index in [1.165, 1.54) is 28.4 Å². The molecule has 3 amide bonds. The lowest BCUT2D eigenvalue weighted by molar-refractivity contribution is -0.194. The number of aromatic amines is 1. The summed E-state index contributed by atoms with van der Waals surface area (Å²) >= 11 is 6.48. The van der Waals surface area contributed by atoms with Crippen molar-refractivity contribution < 1.29 is 57.4 Å². The van der Waals surface area contributed by atoms with Crippen molar-refractivity contribution in [2.24, 2.45) is 0 Å². The third-order valence-electron chi connectivity index (χ3n) is 9.56. The lowest BCUT2D eigenvalue weighted by atomic mass is 9.95. The van der Waals surface area contributed by atoms with Crippen LogP contribution in [0.2, 0.25) is 0 Å². The van der Waals surface area contributed by atoms with Crippen LogP contribution in [0.25, 0.3) is 21.7 Å². The molecule has 0 aliphatic carbocycles. The van der Waals surface area contributed by atoms with Crippen molar-refractivity contribution in [2.45, 2.75) is 50.9 Å². The van der Waals surface area contributed by atoms with Gasteiger partial charge in [0.05, 0.1) is 45.2 Å². The normalized spacial score (nSPS) is 14.5. The molecule has 4 N–H and O–H groups in total. The number of halogens is 1. The number of carbonyl (C=O) groups excluding carboxylic acids is 4. The molecular formula is C40H49ClN4O12. The molecule has 1 aliphatic heterocycles. The molecule has 0 saturated heterocycles. The largest absolute Gasteiger partial charge is 0.493 e. The van der Waals surface area contributed by atoms with Crippen molar-refractivity contribution in [3.8, 4) is 23.0 Å². The number of anilines is 1. The molecule has 3 aromatic carbocycles. The molecule has 4 aromatic rings. The number of ether oxygens (including phenoxy) is 7. The van der Waals surface area contributed by atoms with Crippen LogP contribution in [0.4, 0.5) is 10.5 Å². The molecule has 1 aromatic heterocycles. The van der Waals surface area contributed by atoms with Gasteiger partial charge in [-0.3, -0.25) is 14.4 Å². The Morgan fingerprint density at radius 1 is 0.947 bits per heavy atom. The molecule has 5 rings (SSSR count). The van der Waals surface area contributed by atoms with Gasteiger partial charge in [0.2, 0.25) is 11.7 Å². The van der Waals surface area contributed by atoms with E-state index in [0.717, 1.165) is 10.9 Å². The second kappa shape index (κ2) is 20.2. The molecule has 1 aliphatic rings. The third-order valence-corrected chi connectivity index (χ3v) is 9.93. The maximum absolute atomic E-state index is 14.2. The zero-order valence-corrected chi connectivity index (χ0v) is 33.4. The van der Waals surface area contributed by atoms with Crippen LogP contribution in [0, 0.1) is 0 Å².